The number of isocyanates is 1. The van der Waals surface area contributed by atoms with Crippen molar-refractivity contribution in [2.24, 2.45) is 4.99 Å². The summed E-state index contributed by atoms with van der Waals surface area (Å²) < 4.78 is 12.5. The molecule has 0 aliphatic heterocycles. The second-order valence-electron chi connectivity index (χ2n) is 2.86. The van der Waals surface area contributed by atoms with Crippen molar-refractivity contribution in [2.45, 2.75) is 51.7 Å². The lowest BCUT2D eigenvalue weighted by molar-refractivity contribution is 0.315. The molecule has 0 radical (unpaired) electrons. The first-order chi connectivity index (χ1) is 5.81. The summed E-state index contributed by atoms with van der Waals surface area (Å²) >= 11 is 0. The van der Waals surface area contributed by atoms with Crippen LogP contribution in [0.2, 0.25) is 0 Å². The van der Waals surface area contributed by atoms with E-state index in [1.807, 2.05) is 0 Å². The lowest BCUT2D eigenvalue weighted by atomic mass is 10.1. The van der Waals surface area contributed by atoms with Crippen LogP contribution < -0.4 is 0 Å². The summed E-state index contributed by atoms with van der Waals surface area (Å²) in [6, 6.07) is 0. The summed E-state index contributed by atoms with van der Waals surface area (Å²) in [5, 5.41) is 0. The zero-order valence-electron chi connectivity index (χ0n) is 7.55. The highest BCUT2D eigenvalue weighted by Gasteiger charge is 2.01. The Hall–Kier alpha value is -0.690. The first-order valence-corrected chi connectivity index (χ1v) is 4.52. The van der Waals surface area contributed by atoms with Gasteiger partial charge < -0.3 is 0 Å². The largest absolute Gasteiger partial charge is 0.237 e. The Labute approximate surface area is 72.9 Å². The van der Waals surface area contributed by atoms with Crippen LogP contribution in [0.4, 0.5) is 4.39 Å². The molecule has 0 amide bonds. The number of hydrogen-bond donors (Lipinski definition) is 0. The van der Waals surface area contributed by atoms with E-state index in [0.717, 1.165) is 19.3 Å². The van der Waals surface area contributed by atoms with E-state index in [1.54, 1.807) is 0 Å². The van der Waals surface area contributed by atoms with Crippen LogP contribution in [0.15, 0.2) is 4.99 Å². The van der Waals surface area contributed by atoms with Crippen molar-refractivity contribution in [3.63, 3.8) is 0 Å². The molecular weight excluding hydrogens is 157 g/mol. The number of alkyl halides is 1. The van der Waals surface area contributed by atoms with E-state index >= 15 is 0 Å². The minimum atomic E-state index is -1.33. The molecule has 1 atom stereocenters. The SMILES string of the molecule is CCCCCCCC(F)N=C=O. The van der Waals surface area contributed by atoms with E-state index < -0.39 is 6.30 Å². The summed E-state index contributed by atoms with van der Waals surface area (Å²) in [5.74, 6) is 0. The molecule has 0 aliphatic carbocycles. The molecule has 0 aliphatic rings. The van der Waals surface area contributed by atoms with Crippen molar-refractivity contribution in [1.82, 2.24) is 0 Å². The van der Waals surface area contributed by atoms with Crippen molar-refractivity contribution in [3.05, 3.63) is 0 Å². The van der Waals surface area contributed by atoms with E-state index in [1.165, 1.54) is 18.9 Å². The number of unbranched alkanes of at least 4 members (excludes halogenated alkanes) is 4. The third kappa shape index (κ3) is 7.42. The number of rotatable bonds is 7. The molecule has 0 aromatic rings. The highest BCUT2D eigenvalue weighted by atomic mass is 19.1. The van der Waals surface area contributed by atoms with Gasteiger partial charge in [0, 0.05) is 0 Å². The highest BCUT2D eigenvalue weighted by Crippen LogP contribution is 2.09. The van der Waals surface area contributed by atoms with Crippen molar-refractivity contribution < 1.29 is 9.18 Å². The summed E-state index contributed by atoms with van der Waals surface area (Å²) in [6.45, 7) is 2.13. The van der Waals surface area contributed by atoms with E-state index in [9.17, 15) is 9.18 Å². The predicted molar refractivity (Wildman–Crippen MR) is 46.4 cm³/mol. The van der Waals surface area contributed by atoms with E-state index in [-0.39, 0.29) is 0 Å². The lowest BCUT2D eigenvalue weighted by Gasteiger charge is -2.00. The molecule has 1 unspecified atom stereocenters. The van der Waals surface area contributed by atoms with Crippen LogP contribution in [-0.2, 0) is 4.79 Å². The third-order valence-electron chi connectivity index (χ3n) is 1.74. The van der Waals surface area contributed by atoms with Crippen LogP contribution in [-0.4, -0.2) is 12.4 Å². The third-order valence-corrected chi connectivity index (χ3v) is 1.74. The van der Waals surface area contributed by atoms with Crippen molar-refractivity contribution in [1.29, 1.82) is 0 Å². The zero-order valence-corrected chi connectivity index (χ0v) is 7.55. The first kappa shape index (κ1) is 11.3. The molecule has 0 saturated heterocycles. The Morgan fingerprint density at radius 2 is 2.00 bits per heavy atom. The lowest BCUT2D eigenvalue weighted by Crippen LogP contribution is -1.94. The van der Waals surface area contributed by atoms with Crippen LogP contribution in [0.25, 0.3) is 0 Å². The molecule has 0 saturated carbocycles. The first-order valence-electron chi connectivity index (χ1n) is 4.52. The molecule has 3 heteroatoms. The summed E-state index contributed by atoms with van der Waals surface area (Å²) in [5.41, 5.74) is 0. The van der Waals surface area contributed by atoms with Gasteiger partial charge in [-0.25, -0.2) is 9.18 Å². The summed E-state index contributed by atoms with van der Waals surface area (Å²) in [7, 11) is 0. The van der Waals surface area contributed by atoms with Gasteiger partial charge in [0.1, 0.15) is 0 Å². The fourth-order valence-corrected chi connectivity index (χ4v) is 1.04. The Bertz CT molecular complexity index is 143. The van der Waals surface area contributed by atoms with Crippen LogP contribution in [0.1, 0.15) is 45.4 Å². The monoisotopic (exact) mass is 173 g/mol. The molecule has 0 aromatic carbocycles. The molecular formula is C9H16FNO. The van der Waals surface area contributed by atoms with Crippen LogP contribution in [0.5, 0.6) is 0 Å². The normalized spacial score (nSPS) is 12.2. The maximum Gasteiger partial charge on any atom is 0.237 e. The van der Waals surface area contributed by atoms with Crippen LogP contribution >= 0.6 is 0 Å². The smallest absolute Gasteiger partial charge is 0.221 e. The zero-order chi connectivity index (χ0) is 9.23. The van der Waals surface area contributed by atoms with E-state index in [2.05, 4.69) is 11.9 Å². The van der Waals surface area contributed by atoms with Crippen molar-refractivity contribution in [2.75, 3.05) is 0 Å². The van der Waals surface area contributed by atoms with Crippen LogP contribution in [0, 0.1) is 0 Å². The average molecular weight is 173 g/mol. The van der Waals surface area contributed by atoms with Gasteiger partial charge >= 0.3 is 0 Å². The van der Waals surface area contributed by atoms with Gasteiger partial charge in [-0.3, -0.25) is 0 Å². The van der Waals surface area contributed by atoms with Gasteiger partial charge in [0.2, 0.25) is 12.4 Å². The number of carbonyl (C=O) groups excluding carboxylic acids is 1. The van der Waals surface area contributed by atoms with Gasteiger partial charge in [0.25, 0.3) is 0 Å². The van der Waals surface area contributed by atoms with Crippen LogP contribution in [0.3, 0.4) is 0 Å². The topological polar surface area (TPSA) is 29.4 Å². The van der Waals surface area contributed by atoms with Gasteiger partial charge in [0.15, 0.2) is 0 Å². The summed E-state index contributed by atoms with van der Waals surface area (Å²) in [6.07, 6.45) is 5.63. The highest BCUT2D eigenvalue weighted by molar-refractivity contribution is 5.33. The van der Waals surface area contributed by atoms with Gasteiger partial charge in [-0.2, -0.15) is 4.99 Å². The second kappa shape index (κ2) is 8.41. The molecule has 0 heterocycles. The number of hydrogen-bond acceptors (Lipinski definition) is 2. The maximum atomic E-state index is 12.5. The Balaban J connectivity index is 3.13. The van der Waals surface area contributed by atoms with Crippen molar-refractivity contribution >= 4 is 6.08 Å². The maximum absolute atomic E-state index is 12.5. The van der Waals surface area contributed by atoms with Gasteiger partial charge in [0.05, 0.1) is 0 Å². The number of aliphatic imine (C=N–C) groups is 1. The Kier molecular flexibility index (Phi) is 7.92. The predicted octanol–water partition coefficient (Wildman–Crippen LogP) is 2.98. The molecule has 2 nitrogen and oxygen atoms in total. The minimum Gasteiger partial charge on any atom is -0.221 e. The number of nitrogens with zero attached hydrogens (tertiary/aromatic N) is 1. The minimum absolute atomic E-state index is 0.360. The molecule has 0 bridgehead atoms. The number of halogens is 1. The molecule has 12 heavy (non-hydrogen) atoms. The quantitative estimate of drug-likeness (QED) is 0.252. The van der Waals surface area contributed by atoms with Gasteiger partial charge in [-0.15, -0.1) is 0 Å². The van der Waals surface area contributed by atoms with Crippen molar-refractivity contribution in [3.8, 4) is 0 Å². The van der Waals surface area contributed by atoms with E-state index in [4.69, 9.17) is 0 Å². The second-order valence-corrected chi connectivity index (χ2v) is 2.86. The molecule has 70 valence electrons. The fourth-order valence-electron chi connectivity index (χ4n) is 1.04. The van der Waals surface area contributed by atoms with Gasteiger partial charge in [-0.05, 0) is 12.8 Å². The molecule has 0 rings (SSSR count). The standard InChI is InChI=1S/C9H16FNO/c1-2-3-4-5-6-7-9(10)11-8-12/h9H,2-7H2,1H3. The molecule has 0 aromatic heterocycles. The fraction of sp³-hybridized carbons (Fsp3) is 0.889. The average Bonchev–Trinajstić information content (AvgIpc) is 2.05. The molecule has 0 fully saturated rings. The van der Waals surface area contributed by atoms with E-state index in [0.29, 0.717) is 6.42 Å². The Morgan fingerprint density at radius 1 is 1.33 bits per heavy atom. The molecule has 0 spiro atoms. The Morgan fingerprint density at radius 3 is 2.58 bits per heavy atom. The van der Waals surface area contributed by atoms with Gasteiger partial charge in [-0.1, -0.05) is 32.6 Å². The molecule has 0 N–H and O–H groups in total. The summed E-state index contributed by atoms with van der Waals surface area (Å²) in [4.78, 5) is 12.6.